The Morgan fingerprint density at radius 1 is 1.10 bits per heavy atom. The van der Waals surface area contributed by atoms with Crippen molar-refractivity contribution in [2.45, 2.75) is 12.6 Å². The zero-order valence-corrected chi connectivity index (χ0v) is 17.4. The van der Waals surface area contributed by atoms with E-state index in [9.17, 15) is 18.0 Å². The molecule has 0 amide bonds. The number of ether oxygens (including phenoxy) is 2. The second-order valence-electron chi connectivity index (χ2n) is 6.93. The summed E-state index contributed by atoms with van der Waals surface area (Å²) in [5.41, 5.74) is 1.32. The van der Waals surface area contributed by atoms with Gasteiger partial charge in [0.25, 0.3) is 0 Å². The second-order valence-corrected chi connectivity index (χ2v) is 6.93. The molecule has 0 aliphatic heterocycles. The number of nitrogens with zero attached hydrogens (tertiary/aromatic N) is 2. The quantitative estimate of drug-likeness (QED) is 0.475. The maximum absolute atomic E-state index is 13.3. The summed E-state index contributed by atoms with van der Waals surface area (Å²) in [6.45, 7) is 1.12. The lowest BCUT2D eigenvalue weighted by Gasteiger charge is -2.15. The summed E-state index contributed by atoms with van der Waals surface area (Å²) in [6, 6.07) is 8.61. The average molecular weight is 422 g/mol. The van der Waals surface area contributed by atoms with Crippen LogP contribution in [-0.2, 0) is 22.1 Å². The first-order chi connectivity index (χ1) is 14.2. The van der Waals surface area contributed by atoms with Gasteiger partial charge >= 0.3 is 12.1 Å². The Kier molecular flexibility index (Phi) is 8.00. The fourth-order valence-electron chi connectivity index (χ4n) is 2.83. The van der Waals surface area contributed by atoms with E-state index in [2.05, 4.69) is 4.99 Å². The molecule has 8 heteroatoms. The van der Waals surface area contributed by atoms with Crippen molar-refractivity contribution < 1.29 is 27.4 Å². The summed E-state index contributed by atoms with van der Waals surface area (Å²) in [7, 11) is 6.56. The molecule has 0 heterocycles. The normalized spacial score (nSPS) is 11.9. The highest BCUT2D eigenvalue weighted by Crippen LogP contribution is 2.37. The van der Waals surface area contributed by atoms with E-state index >= 15 is 0 Å². The molecule has 0 fully saturated rings. The van der Waals surface area contributed by atoms with Gasteiger partial charge in [0.05, 0.1) is 32.7 Å². The molecule has 0 aromatic heterocycles. The third kappa shape index (κ3) is 6.32. The maximum atomic E-state index is 13.3. The number of rotatable bonds is 8. The van der Waals surface area contributed by atoms with Crippen molar-refractivity contribution in [1.29, 1.82) is 0 Å². The number of esters is 1. The van der Waals surface area contributed by atoms with Crippen LogP contribution >= 0.6 is 0 Å². The van der Waals surface area contributed by atoms with Gasteiger partial charge in [-0.25, -0.2) is 0 Å². The van der Waals surface area contributed by atoms with Crippen LogP contribution in [0.2, 0.25) is 0 Å². The molecule has 2 rings (SSSR count). The van der Waals surface area contributed by atoms with Crippen molar-refractivity contribution >= 4 is 12.2 Å². The molecule has 0 aliphatic rings. The largest absolute Gasteiger partial charge is 0.496 e. The zero-order chi connectivity index (χ0) is 22.3. The molecule has 162 valence electrons. The Balaban J connectivity index is 2.55. The van der Waals surface area contributed by atoms with Crippen molar-refractivity contribution in [1.82, 2.24) is 4.90 Å². The van der Waals surface area contributed by atoms with Gasteiger partial charge in [0.15, 0.2) is 0 Å². The number of methoxy groups -OCH3 is 2. The van der Waals surface area contributed by atoms with E-state index in [1.54, 1.807) is 18.2 Å². The third-order valence-electron chi connectivity index (χ3n) is 4.42. The molecule has 0 aliphatic carbocycles. The van der Waals surface area contributed by atoms with Crippen molar-refractivity contribution in [2.75, 3.05) is 41.4 Å². The summed E-state index contributed by atoms with van der Waals surface area (Å²) in [5.74, 6) is 0.0651. The van der Waals surface area contributed by atoms with Crippen molar-refractivity contribution in [2.24, 2.45) is 4.99 Å². The Morgan fingerprint density at radius 3 is 2.43 bits per heavy atom. The number of alkyl halides is 3. The van der Waals surface area contributed by atoms with Gasteiger partial charge in [0, 0.05) is 23.9 Å². The minimum Gasteiger partial charge on any atom is -0.496 e. The van der Waals surface area contributed by atoms with Gasteiger partial charge in [-0.2, -0.15) is 13.2 Å². The molecular weight excluding hydrogens is 397 g/mol. The number of hydrogen-bond donors (Lipinski definition) is 0. The molecule has 0 bridgehead atoms. The summed E-state index contributed by atoms with van der Waals surface area (Å²) >= 11 is 0. The van der Waals surface area contributed by atoms with E-state index in [1.165, 1.54) is 26.5 Å². The molecule has 2 aromatic carbocycles. The van der Waals surface area contributed by atoms with E-state index < -0.39 is 17.7 Å². The van der Waals surface area contributed by atoms with E-state index in [1.807, 2.05) is 19.0 Å². The molecule has 0 spiro atoms. The van der Waals surface area contributed by atoms with Gasteiger partial charge in [-0.15, -0.1) is 0 Å². The first kappa shape index (κ1) is 23.4. The minimum atomic E-state index is -4.47. The summed E-state index contributed by atoms with van der Waals surface area (Å²) in [5, 5.41) is 0. The molecule has 0 unspecified atom stereocenters. The lowest BCUT2D eigenvalue weighted by atomic mass is 9.95. The Bertz CT molecular complexity index is 909. The topological polar surface area (TPSA) is 51.1 Å². The molecular formula is C22H25F3N2O3. The highest BCUT2D eigenvalue weighted by molar-refractivity contribution is 5.92. The molecule has 30 heavy (non-hydrogen) atoms. The number of likely N-dealkylation sites (N-methyl/N-ethyl adjacent to an activating group) is 1. The Labute approximate surface area is 174 Å². The van der Waals surface area contributed by atoms with Gasteiger partial charge in [-0.3, -0.25) is 9.79 Å². The first-order valence-electron chi connectivity index (χ1n) is 9.25. The number of carbonyl (C=O) groups is 1. The number of carbonyl (C=O) groups excluding carboxylic acids is 1. The van der Waals surface area contributed by atoms with Crippen LogP contribution in [0.15, 0.2) is 41.4 Å². The van der Waals surface area contributed by atoms with Gasteiger partial charge < -0.3 is 14.4 Å². The fourth-order valence-corrected chi connectivity index (χ4v) is 2.83. The lowest BCUT2D eigenvalue weighted by Crippen LogP contribution is -2.15. The first-order valence-corrected chi connectivity index (χ1v) is 9.25. The van der Waals surface area contributed by atoms with Crippen molar-refractivity contribution in [3.8, 4) is 16.9 Å². The van der Waals surface area contributed by atoms with E-state index in [0.717, 1.165) is 12.1 Å². The lowest BCUT2D eigenvalue weighted by molar-refractivity contribution is -0.140. The van der Waals surface area contributed by atoms with E-state index in [0.29, 0.717) is 41.1 Å². The predicted molar refractivity (Wildman–Crippen MR) is 110 cm³/mol. The fraction of sp³-hybridized carbons (Fsp3) is 0.364. The summed E-state index contributed by atoms with van der Waals surface area (Å²) < 4.78 is 49.9. The van der Waals surface area contributed by atoms with Crippen LogP contribution in [0.4, 0.5) is 13.2 Å². The van der Waals surface area contributed by atoms with Gasteiger partial charge in [-0.05, 0) is 49.5 Å². The smallest absolute Gasteiger partial charge is 0.416 e. The second kappa shape index (κ2) is 10.2. The Hall–Kier alpha value is -2.87. The molecule has 0 radical (unpaired) electrons. The van der Waals surface area contributed by atoms with Crippen LogP contribution in [-0.4, -0.2) is 58.5 Å². The molecule has 0 atom stereocenters. The highest BCUT2D eigenvalue weighted by Gasteiger charge is 2.31. The number of benzene rings is 2. The zero-order valence-electron chi connectivity index (χ0n) is 17.4. The van der Waals surface area contributed by atoms with E-state index in [4.69, 9.17) is 9.47 Å². The van der Waals surface area contributed by atoms with Gasteiger partial charge in [0.1, 0.15) is 5.75 Å². The van der Waals surface area contributed by atoms with Crippen molar-refractivity contribution in [3.05, 3.63) is 53.1 Å². The minimum absolute atomic E-state index is 0.0420. The SMILES string of the molecule is COC(=O)Cc1ccc(OC)c(-c2ccc(C(F)(F)F)cc2C=NCCN(C)C)c1. The van der Waals surface area contributed by atoms with E-state index in [-0.39, 0.29) is 6.42 Å². The van der Waals surface area contributed by atoms with Crippen LogP contribution < -0.4 is 4.74 Å². The highest BCUT2D eigenvalue weighted by atomic mass is 19.4. The van der Waals surface area contributed by atoms with Gasteiger partial charge in [0.2, 0.25) is 0 Å². The molecule has 0 saturated carbocycles. The third-order valence-corrected chi connectivity index (χ3v) is 4.42. The van der Waals surface area contributed by atoms with Crippen LogP contribution in [0, 0.1) is 0 Å². The number of hydrogen-bond acceptors (Lipinski definition) is 5. The van der Waals surface area contributed by atoms with Crippen LogP contribution in [0.3, 0.4) is 0 Å². The predicted octanol–water partition coefficient (Wildman–Crippen LogP) is 4.08. The molecule has 0 saturated heterocycles. The van der Waals surface area contributed by atoms with Crippen LogP contribution in [0.25, 0.3) is 11.1 Å². The summed E-state index contributed by atoms with van der Waals surface area (Å²) in [4.78, 5) is 17.8. The molecule has 5 nitrogen and oxygen atoms in total. The monoisotopic (exact) mass is 422 g/mol. The van der Waals surface area contributed by atoms with Gasteiger partial charge in [-0.1, -0.05) is 12.1 Å². The number of aliphatic imine (C=N–C) groups is 1. The summed E-state index contributed by atoms with van der Waals surface area (Å²) in [6.07, 6.45) is -2.98. The molecule has 0 N–H and O–H groups in total. The standard InChI is InChI=1S/C22H25F3N2O3/c1-27(2)10-9-26-14-16-13-17(22(23,24)25)6-7-18(16)19-11-15(12-21(28)30-4)5-8-20(19)29-3/h5-8,11,13-14H,9-10,12H2,1-4H3. The Morgan fingerprint density at radius 2 is 1.83 bits per heavy atom. The number of halogens is 3. The maximum Gasteiger partial charge on any atom is 0.416 e. The average Bonchev–Trinajstić information content (AvgIpc) is 2.70. The van der Waals surface area contributed by atoms with Crippen LogP contribution in [0.5, 0.6) is 5.75 Å². The van der Waals surface area contributed by atoms with Crippen LogP contribution in [0.1, 0.15) is 16.7 Å². The molecule has 2 aromatic rings. The van der Waals surface area contributed by atoms with Crippen molar-refractivity contribution in [3.63, 3.8) is 0 Å².